The number of ether oxygens (including phenoxy) is 1. The van der Waals surface area contributed by atoms with E-state index < -0.39 is 0 Å². The van der Waals surface area contributed by atoms with E-state index >= 15 is 0 Å². The molecule has 0 aliphatic carbocycles. The van der Waals surface area contributed by atoms with Gasteiger partial charge in [-0.1, -0.05) is 20.8 Å². The number of thiocarbonyl (C=S) groups is 1. The van der Waals surface area contributed by atoms with Crippen LogP contribution in [0.5, 0.6) is 0 Å². The molecule has 0 aromatic carbocycles. The zero-order valence-electron chi connectivity index (χ0n) is 10.4. The number of hydrogen-bond acceptors (Lipinski definition) is 4. The van der Waals surface area contributed by atoms with Gasteiger partial charge in [0, 0.05) is 18.1 Å². The molecule has 1 aromatic heterocycles. The molecular weight excluding hydrogens is 234 g/mol. The molecule has 92 valence electrons. The molecule has 1 aromatic rings. The molecule has 0 amide bonds. The maximum atomic E-state index is 5.39. The Bertz CT molecular complexity index is 449. The molecule has 0 saturated carbocycles. The Hall–Kier alpha value is -1.03. The van der Waals surface area contributed by atoms with Gasteiger partial charge in [-0.2, -0.15) is 10.1 Å². The second kappa shape index (κ2) is 4.69. The van der Waals surface area contributed by atoms with Crippen molar-refractivity contribution >= 4 is 23.2 Å². The highest BCUT2D eigenvalue weighted by Crippen LogP contribution is 2.30. The van der Waals surface area contributed by atoms with Crippen molar-refractivity contribution in [2.24, 2.45) is 4.99 Å². The molecule has 2 heterocycles. The van der Waals surface area contributed by atoms with Crippen molar-refractivity contribution in [2.45, 2.75) is 38.6 Å². The first-order chi connectivity index (χ1) is 8.02. The Morgan fingerprint density at radius 2 is 2.35 bits per heavy atom. The summed E-state index contributed by atoms with van der Waals surface area (Å²) in [5, 5.41) is 7.06. The Labute approximate surface area is 107 Å². The summed E-state index contributed by atoms with van der Waals surface area (Å²) in [5.41, 5.74) is 1.03. The number of isothiocyanates is 1. The average molecular weight is 251 g/mol. The van der Waals surface area contributed by atoms with Gasteiger partial charge in [0.15, 0.2) is 5.82 Å². The predicted molar refractivity (Wildman–Crippen MR) is 70.1 cm³/mol. The van der Waals surface area contributed by atoms with Gasteiger partial charge in [0.2, 0.25) is 0 Å². The first kappa shape index (κ1) is 12.4. The van der Waals surface area contributed by atoms with Crippen molar-refractivity contribution < 1.29 is 4.74 Å². The van der Waals surface area contributed by atoms with E-state index in [1.807, 2.05) is 10.7 Å². The van der Waals surface area contributed by atoms with E-state index in [0.29, 0.717) is 6.61 Å². The Kier molecular flexibility index (Phi) is 3.43. The SMILES string of the molecule is CC(C)(C)c1cc(N=C=S)n(C2CCOC2)n1. The molecule has 1 unspecified atom stereocenters. The lowest BCUT2D eigenvalue weighted by atomic mass is 9.92. The number of aliphatic imine (C=N–C) groups is 1. The lowest BCUT2D eigenvalue weighted by Gasteiger charge is -2.15. The third-order valence-corrected chi connectivity index (χ3v) is 2.99. The summed E-state index contributed by atoms with van der Waals surface area (Å²) in [4.78, 5) is 4.10. The van der Waals surface area contributed by atoms with Gasteiger partial charge in [-0.3, -0.25) is 0 Å². The van der Waals surface area contributed by atoms with Crippen molar-refractivity contribution in [1.82, 2.24) is 9.78 Å². The van der Waals surface area contributed by atoms with Crippen LogP contribution >= 0.6 is 12.2 Å². The molecule has 0 spiro atoms. The van der Waals surface area contributed by atoms with Crippen LogP contribution in [0.15, 0.2) is 11.1 Å². The predicted octanol–water partition coefficient (Wildman–Crippen LogP) is 2.88. The Morgan fingerprint density at radius 3 is 2.88 bits per heavy atom. The summed E-state index contributed by atoms with van der Waals surface area (Å²) < 4.78 is 7.31. The van der Waals surface area contributed by atoms with E-state index in [-0.39, 0.29) is 11.5 Å². The summed E-state index contributed by atoms with van der Waals surface area (Å²) in [5.74, 6) is 0.778. The molecule has 1 saturated heterocycles. The maximum Gasteiger partial charge on any atom is 0.161 e. The molecule has 4 nitrogen and oxygen atoms in total. The van der Waals surface area contributed by atoms with Gasteiger partial charge >= 0.3 is 0 Å². The quantitative estimate of drug-likeness (QED) is 0.599. The summed E-state index contributed by atoms with van der Waals surface area (Å²) in [6.07, 6.45) is 0.977. The van der Waals surface area contributed by atoms with E-state index in [1.165, 1.54) is 0 Å². The number of hydrogen-bond donors (Lipinski definition) is 0. The lowest BCUT2D eigenvalue weighted by molar-refractivity contribution is 0.184. The third kappa shape index (κ3) is 2.63. The van der Waals surface area contributed by atoms with Crippen molar-refractivity contribution in [2.75, 3.05) is 13.2 Å². The van der Waals surface area contributed by atoms with Gasteiger partial charge in [0.05, 0.1) is 23.5 Å². The average Bonchev–Trinajstić information content (AvgIpc) is 2.83. The van der Waals surface area contributed by atoms with Crippen molar-refractivity contribution in [1.29, 1.82) is 0 Å². The lowest BCUT2D eigenvalue weighted by Crippen LogP contribution is -2.15. The zero-order chi connectivity index (χ0) is 12.5. The standard InChI is InChI=1S/C12H17N3OS/c1-12(2,3)10-6-11(13-8-17)15(14-10)9-4-5-16-7-9/h6,9H,4-5,7H2,1-3H3. The highest BCUT2D eigenvalue weighted by molar-refractivity contribution is 7.78. The van der Waals surface area contributed by atoms with Crippen LogP contribution in [0.2, 0.25) is 0 Å². The maximum absolute atomic E-state index is 5.39. The summed E-state index contributed by atoms with van der Waals surface area (Å²) in [6, 6.07) is 2.26. The minimum absolute atomic E-state index is 0.0104. The fraction of sp³-hybridized carbons (Fsp3) is 0.667. The van der Waals surface area contributed by atoms with Crippen LogP contribution < -0.4 is 0 Å². The van der Waals surface area contributed by atoms with E-state index in [9.17, 15) is 0 Å². The zero-order valence-corrected chi connectivity index (χ0v) is 11.3. The van der Waals surface area contributed by atoms with E-state index in [1.54, 1.807) is 0 Å². The van der Waals surface area contributed by atoms with E-state index in [4.69, 9.17) is 4.74 Å². The van der Waals surface area contributed by atoms with Crippen LogP contribution in [0.25, 0.3) is 0 Å². The largest absolute Gasteiger partial charge is 0.379 e. The first-order valence-electron chi connectivity index (χ1n) is 5.78. The summed E-state index contributed by atoms with van der Waals surface area (Å²) in [6.45, 7) is 7.89. The van der Waals surface area contributed by atoms with Crippen LogP contribution in [0, 0.1) is 0 Å². The molecule has 0 N–H and O–H groups in total. The molecule has 1 fully saturated rings. The molecule has 1 atom stereocenters. The number of nitrogens with zero attached hydrogens (tertiary/aromatic N) is 3. The minimum atomic E-state index is 0.0104. The number of aromatic nitrogens is 2. The molecule has 2 rings (SSSR count). The molecule has 0 bridgehead atoms. The summed E-state index contributed by atoms with van der Waals surface area (Å²) in [7, 11) is 0. The summed E-state index contributed by atoms with van der Waals surface area (Å²) >= 11 is 4.68. The molecule has 17 heavy (non-hydrogen) atoms. The number of rotatable bonds is 2. The van der Waals surface area contributed by atoms with Crippen LogP contribution in [-0.2, 0) is 10.2 Å². The molecular formula is C12H17N3OS. The molecule has 0 radical (unpaired) electrons. The highest BCUT2D eigenvalue weighted by atomic mass is 32.1. The van der Waals surface area contributed by atoms with Crippen LogP contribution in [0.1, 0.15) is 38.9 Å². The molecule has 1 aliphatic heterocycles. The molecule has 5 heteroatoms. The Morgan fingerprint density at radius 1 is 1.59 bits per heavy atom. The van der Waals surface area contributed by atoms with Crippen LogP contribution in [0.4, 0.5) is 5.82 Å². The van der Waals surface area contributed by atoms with Gasteiger partial charge < -0.3 is 4.74 Å². The van der Waals surface area contributed by atoms with Gasteiger partial charge in [0.1, 0.15) is 0 Å². The second-order valence-corrected chi connectivity index (χ2v) is 5.49. The van der Waals surface area contributed by atoms with E-state index in [0.717, 1.165) is 24.5 Å². The van der Waals surface area contributed by atoms with Gasteiger partial charge in [-0.05, 0) is 18.6 Å². The smallest absolute Gasteiger partial charge is 0.161 e. The fourth-order valence-electron chi connectivity index (χ4n) is 1.87. The monoisotopic (exact) mass is 251 g/mol. The second-order valence-electron chi connectivity index (χ2n) is 5.30. The van der Waals surface area contributed by atoms with Gasteiger partial charge in [0.25, 0.3) is 0 Å². The van der Waals surface area contributed by atoms with Crippen molar-refractivity contribution in [3.63, 3.8) is 0 Å². The normalized spacial score (nSPS) is 20.3. The third-order valence-electron chi connectivity index (χ3n) is 2.90. The van der Waals surface area contributed by atoms with E-state index in [2.05, 4.69) is 48.2 Å². The fourth-order valence-corrected chi connectivity index (χ4v) is 1.96. The Balaban J connectivity index is 2.41. The first-order valence-corrected chi connectivity index (χ1v) is 6.19. The topological polar surface area (TPSA) is 39.4 Å². The highest BCUT2D eigenvalue weighted by Gasteiger charge is 2.25. The molecule has 1 aliphatic rings. The van der Waals surface area contributed by atoms with Crippen LogP contribution in [-0.4, -0.2) is 28.2 Å². The van der Waals surface area contributed by atoms with Crippen LogP contribution in [0.3, 0.4) is 0 Å². The van der Waals surface area contributed by atoms with Gasteiger partial charge in [-0.15, -0.1) is 0 Å². The minimum Gasteiger partial charge on any atom is -0.379 e. The van der Waals surface area contributed by atoms with Gasteiger partial charge in [-0.25, -0.2) is 4.68 Å². The van der Waals surface area contributed by atoms with Crippen molar-refractivity contribution in [3.05, 3.63) is 11.8 Å². The van der Waals surface area contributed by atoms with Crippen molar-refractivity contribution in [3.8, 4) is 0 Å².